The molecule has 0 unspecified atom stereocenters. The molecule has 0 aliphatic heterocycles. The van der Waals surface area contributed by atoms with E-state index in [1.807, 2.05) is 0 Å². The molecule has 0 aromatic carbocycles. The van der Waals surface area contributed by atoms with E-state index in [2.05, 4.69) is 0 Å². The average molecular weight is 155 g/mol. The summed E-state index contributed by atoms with van der Waals surface area (Å²) >= 11 is 0. The van der Waals surface area contributed by atoms with Crippen molar-refractivity contribution in [3.05, 3.63) is 21.4 Å². The molecule has 0 fully saturated rings. The van der Waals surface area contributed by atoms with Crippen LogP contribution in [0.4, 0.5) is 0 Å². The quantitative estimate of drug-likeness (QED) is 0.343. The first kappa shape index (κ1) is 7.91. The molecule has 0 saturated carbocycles. The van der Waals surface area contributed by atoms with Crippen molar-refractivity contribution in [3.63, 3.8) is 0 Å². The molecule has 0 aromatic rings. The highest BCUT2D eigenvalue weighted by Crippen LogP contribution is 2.23. The van der Waals surface area contributed by atoms with Gasteiger partial charge in [-0.05, 0) is 19.3 Å². The lowest BCUT2D eigenvalue weighted by Gasteiger charge is -2.08. The van der Waals surface area contributed by atoms with Crippen molar-refractivity contribution >= 4 is 6.29 Å². The summed E-state index contributed by atoms with van der Waals surface area (Å²) in [6.07, 6.45) is 3.34. The van der Waals surface area contributed by atoms with Gasteiger partial charge in [-0.25, -0.2) is 0 Å². The molecular weight excluding hydrogens is 146 g/mol. The Kier molecular flexibility index (Phi) is 2.36. The fourth-order valence-corrected chi connectivity index (χ4v) is 1.25. The van der Waals surface area contributed by atoms with Gasteiger partial charge in [-0.2, -0.15) is 0 Å². The molecule has 0 saturated heterocycles. The third-order valence-electron chi connectivity index (χ3n) is 1.84. The zero-order valence-corrected chi connectivity index (χ0v) is 6.08. The molecule has 0 N–H and O–H groups in total. The van der Waals surface area contributed by atoms with Crippen LogP contribution in [0.5, 0.6) is 0 Å². The molecule has 0 bridgehead atoms. The Labute approximate surface area is 64.0 Å². The van der Waals surface area contributed by atoms with Crippen LogP contribution in [0.3, 0.4) is 0 Å². The van der Waals surface area contributed by atoms with E-state index in [0.29, 0.717) is 24.7 Å². The fraction of sp³-hybridized carbons (Fsp3) is 0.571. The second kappa shape index (κ2) is 3.27. The van der Waals surface area contributed by atoms with Gasteiger partial charge < -0.3 is 0 Å². The van der Waals surface area contributed by atoms with Crippen LogP contribution in [0, 0.1) is 10.1 Å². The maximum atomic E-state index is 10.3. The smallest absolute Gasteiger partial charge is 0.252 e. The van der Waals surface area contributed by atoms with Crippen LogP contribution >= 0.6 is 0 Å². The SMILES string of the molecule is O=CC1=C([N+](=O)[O-])CCCC1. The molecule has 4 nitrogen and oxygen atoms in total. The first-order valence-corrected chi connectivity index (χ1v) is 3.57. The Morgan fingerprint density at radius 3 is 2.45 bits per heavy atom. The highest BCUT2D eigenvalue weighted by atomic mass is 16.6. The summed E-state index contributed by atoms with van der Waals surface area (Å²) in [6.45, 7) is 0. The van der Waals surface area contributed by atoms with Gasteiger partial charge in [-0.15, -0.1) is 0 Å². The molecule has 0 aromatic heterocycles. The van der Waals surface area contributed by atoms with Crippen LogP contribution < -0.4 is 0 Å². The lowest BCUT2D eigenvalue weighted by molar-refractivity contribution is -0.429. The Hall–Kier alpha value is -1.19. The molecule has 0 radical (unpaired) electrons. The number of carbonyl (C=O) groups is 1. The second-order valence-corrected chi connectivity index (χ2v) is 2.55. The Morgan fingerprint density at radius 2 is 2.00 bits per heavy atom. The zero-order valence-electron chi connectivity index (χ0n) is 6.08. The lowest BCUT2D eigenvalue weighted by Crippen LogP contribution is -2.08. The molecule has 11 heavy (non-hydrogen) atoms. The Balaban J connectivity index is 2.90. The number of rotatable bonds is 2. The minimum atomic E-state index is -0.442. The summed E-state index contributed by atoms with van der Waals surface area (Å²) in [5.41, 5.74) is 0.493. The van der Waals surface area contributed by atoms with Gasteiger partial charge in [0.2, 0.25) is 0 Å². The van der Waals surface area contributed by atoms with Gasteiger partial charge in [-0.1, -0.05) is 0 Å². The summed E-state index contributed by atoms with van der Waals surface area (Å²) in [5, 5.41) is 10.3. The minimum absolute atomic E-state index is 0.117. The number of nitro groups is 1. The van der Waals surface area contributed by atoms with Crippen LogP contribution in [0.15, 0.2) is 11.3 Å². The molecule has 1 rings (SSSR count). The van der Waals surface area contributed by atoms with Gasteiger partial charge in [0, 0.05) is 6.42 Å². The average Bonchev–Trinajstić information content (AvgIpc) is 2.04. The minimum Gasteiger partial charge on any atom is -0.298 e. The molecule has 1 aliphatic rings. The highest BCUT2D eigenvalue weighted by Gasteiger charge is 2.21. The summed E-state index contributed by atoms with van der Waals surface area (Å²) < 4.78 is 0. The van der Waals surface area contributed by atoms with E-state index in [-0.39, 0.29) is 5.70 Å². The summed E-state index contributed by atoms with van der Waals surface area (Å²) in [7, 11) is 0. The lowest BCUT2D eigenvalue weighted by atomic mass is 9.98. The van der Waals surface area contributed by atoms with Crippen molar-refractivity contribution in [1.82, 2.24) is 0 Å². The molecule has 0 amide bonds. The topological polar surface area (TPSA) is 60.2 Å². The van der Waals surface area contributed by atoms with Gasteiger partial charge in [0.1, 0.15) is 0 Å². The van der Waals surface area contributed by atoms with Gasteiger partial charge >= 0.3 is 0 Å². The van der Waals surface area contributed by atoms with Crippen molar-refractivity contribution in [2.24, 2.45) is 0 Å². The van der Waals surface area contributed by atoms with Crippen LogP contribution in [0.25, 0.3) is 0 Å². The van der Waals surface area contributed by atoms with Gasteiger partial charge in [0.05, 0.1) is 10.5 Å². The highest BCUT2D eigenvalue weighted by molar-refractivity contribution is 5.74. The van der Waals surface area contributed by atoms with E-state index < -0.39 is 4.92 Å². The molecule has 0 atom stereocenters. The van der Waals surface area contributed by atoms with Crippen molar-refractivity contribution in [2.45, 2.75) is 25.7 Å². The standard InChI is InChI=1S/C7H9NO3/c9-5-6-3-1-2-4-7(6)8(10)11/h5H,1-4H2. The molecule has 0 heterocycles. The zero-order chi connectivity index (χ0) is 8.27. The summed E-state index contributed by atoms with van der Waals surface area (Å²) in [4.78, 5) is 20.2. The van der Waals surface area contributed by atoms with Crippen LogP contribution in [0.1, 0.15) is 25.7 Å². The number of carbonyl (C=O) groups excluding carboxylic acids is 1. The number of hydrogen-bond acceptors (Lipinski definition) is 3. The third-order valence-corrected chi connectivity index (χ3v) is 1.84. The maximum absolute atomic E-state index is 10.3. The number of aldehydes is 1. The molecule has 4 heteroatoms. The van der Waals surface area contributed by atoms with Crippen LogP contribution in [-0.4, -0.2) is 11.2 Å². The Morgan fingerprint density at radius 1 is 1.36 bits per heavy atom. The third kappa shape index (κ3) is 1.63. The monoisotopic (exact) mass is 155 g/mol. The normalized spacial score (nSPS) is 18.2. The fourth-order valence-electron chi connectivity index (χ4n) is 1.25. The summed E-state index contributed by atoms with van der Waals surface area (Å²) in [6, 6.07) is 0. The number of hydrogen-bond donors (Lipinski definition) is 0. The summed E-state index contributed by atoms with van der Waals surface area (Å²) in [5.74, 6) is 0. The number of allylic oxidation sites excluding steroid dienone is 2. The van der Waals surface area contributed by atoms with E-state index in [9.17, 15) is 14.9 Å². The van der Waals surface area contributed by atoms with E-state index >= 15 is 0 Å². The van der Waals surface area contributed by atoms with Crippen molar-refractivity contribution in [1.29, 1.82) is 0 Å². The van der Waals surface area contributed by atoms with Gasteiger partial charge in [0.25, 0.3) is 5.70 Å². The first-order chi connectivity index (χ1) is 5.25. The van der Waals surface area contributed by atoms with E-state index in [0.717, 1.165) is 12.8 Å². The van der Waals surface area contributed by atoms with E-state index in [1.54, 1.807) is 0 Å². The molecular formula is C7H9NO3. The van der Waals surface area contributed by atoms with Gasteiger partial charge in [0.15, 0.2) is 6.29 Å². The van der Waals surface area contributed by atoms with Crippen LogP contribution in [-0.2, 0) is 4.79 Å². The largest absolute Gasteiger partial charge is 0.298 e. The molecule has 60 valence electrons. The Bertz CT molecular complexity index is 220. The predicted molar refractivity (Wildman–Crippen MR) is 38.6 cm³/mol. The van der Waals surface area contributed by atoms with Crippen LogP contribution in [0.2, 0.25) is 0 Å². The van der Waals surface area contributed by atoms with E-state index in [1.165, 1.54) is 0 Å². The number of nitrogens with zero attached hydrogens (tertiary/aromatic N) is 1. The van der Waals surface area contributed by atoms with E-state index in [4.69, 9.17) is 0 Å². The molecule has 0 spiro atoms. The van der Waals surface area contributed by atoms with Crippen molar-refractivity contribution < 1.29 is 9.72 Å². The second-order valence-electron chi connectivity index (χ2n) is 2.55. The molecule has 1 aliphatic carbocycles. The first-order valence-electron chi connectivity index (χ1n) is 3.57. The van der Waals surface area contributed by atoms with Crippen molar-refractivity contribution in [3.8, 4) is 0 Å². The predicted octanol–water partition coefficient (Wildman–Crippen LogP) is 1.29. The maximum Gasteiger partial charge on any atom is 0.252 e. The van der Waals surface area contributed by atoms with Gasteiger partial charge in [-0.3, -0.25) is 14.9 Å². The van der Waals surface area contributed by atoms with Crippen molar-refractivity contribution in [2.75, 3.05) is 0 Å².